The van der Waals surface area contributed by atoms with Crippen LogP contribution in [-0.4, -0.2) is 0 Å². The van der Waals surface area contributed by atoms with Crippen LogP contribution in [0.2, 0.25) is 0 Å². The van der Waals surface area contributed by atoms with Gasteiger partial charge in [0.15, 0.2) is 0 Å². The maximum atomic E-state index is 6.66. The zero-order valence-corrected chi connectivity index (χ0v) is 22.9. The average Bonchev–Trinajstić information content (AvgIpc) is 3.77. The van der Waals surface area contributed by atoms with E-state index in [2.05, 4.69) is 109 Å². The van der Waals surface area contributed by atoms with Crippen LogP contribution < -0.4 is 0 Å². The van der Waals surface area contributed by atoms with E-state index in [-0.39, 0.29) is 0 Å². The zero-order chi connectivity index (χ0) is 28.1. The van der Waals surface area contributed by atoms with Crippen LogP contribution in [0.25, 0.3) is 98.6 Å². The molecule has 0 bridgehead atoms. The van der Waals surface area contributed by atoms with Gasteiger partial charge in [-0.25, -0.2) is 0 Å². The lowest BCUT2D eigenvalue weighted by atomic mass is 9.85. The van der Waals surface area contributed by atoms with E-state index in [0.717, 1.165) is 60.4 Å². The normalized spacial score (nSPS) is 12.2. The maximum absolute atomic E-state index is 6.66. The largest absolute Gasteiger partial charge is 0.464 e. The highest BCUT2D eigenvalue weighted by Gasteiger charge is 2.21. The van der Waals surface area contributed by atoms with Crippen molar-refractivity contribution >= 4 is 76.4 Å². The first-order valence-electron chi connectivity index (χ1n) is 14.5. The summed E-state index contributed by atoms with van der Waals surface area (Å²) in [5.41, 5.74) is 9.08. The second kappa shape index (κ2) is 8.37. The molecule has 10 rings (SSSR count). The van der Waals surface area contributed by atoms with E-state index in [0.29, 0.717) is 0 Å². The van der Waals surface area contributed by atoms with Gasteiger partial charge in [-0.05, 0) is 69.1 Å². The number of furan rings is 3. The fourth-order valence-electron chi connectivity index (χ4n) is 7.06. The Balaban J connectivity index is 1.32. The SMILES string of the molecule is c1ccc2c(c1)oc1ccc(-c3c4ccccc4c(-c4cccc5c4oc4cc6ccoc6cc45)c4ccccc34)cc12. The predicted octanol–water partition coefficient (Wildman–Crippen LogP) is 11.9. The number of benzene rings is 7. The summed E-state index contributed by atoms with van der Waals surface area (Å²) in [6.45, 7) is 0. The van der Waals surface area contributed by atoms with E-state index < -0.39 is 0 Å². The molecule has 0 saturated heterocycles. The van der Waals surface area contributed by atoms with Crippen molar-refractivity contribution in [2.24, 2.45) is 0 Å². The van der Waals surface area contributed by atoms with Crippen molar-refractivity contribution in [2.45, 2.75) is 0 Å². The maximum Gasteiger partial charge on any atom is 0.143 e. The van der Waals surface area contributed by atoms with Gasteiger partial charge in [-0.15, -0.1) is 0 Å². The van der Waals surface area contributed by atoms with E-state index in [4.69, 9.17) is 13.3 Å². The van der Waals surface area contributed by atoms with Crippen molar-refractivity contribution in [1.29, 1.82) is 0 Å². The number of hydrogen-bond donors (Lipinski definition) is 0. The molecule has 200 valence electrons. The Bertz CT molecular complexity index is 2680. The van der Waals surface area contributed by atoms with Crippen LogP contribution >= 0.6 is 0 Å². The molecular formula is C40H22O3. The lowest BCUT2D eigenvalue weighted by Gasteiger charge is -2.18. The topological polar surface area (TPSA) is 39.4 Å². The van der Waals surface area contributed by atoms with Gasteiger partial charge < -0.3 is 13.3 Å². The van der Waals surface area contributed by atoms with Crippen LogP contribution in [0, 0.1) is 0 Å². The van der Waals surface area contributed by atoms with Gasteiger partial charge in [-0.2, -0.15) is 0 Å². The lowest BCUT2D eigenvalue weighted by Crippen LogP contribution is -1.91. The second-order valence-electron chi connectivity index (χ2n) is 11.2. The minimum Gasteiger partial charge on any atom is -0.464 e. The average molecular weight is 551 g/mol. The van der Waals surface area contributed by atoms with Crippen molar-refractivity contribution in [2.75, 3.05) is 0 Å². The molecule has 3 nitrogen and oxygen atoms in total. The van der Waals surface area contributed by atoms with Crippen LogP contribution in [0.15, 0.2) is 147 Å². The summed E-state index contributed by atoms with van der Waals surface area (Å²) in [5.74, 6) is 0. The first-order chi connectivity index (χ1) is 21.3. The number of hydrogen-bond acceptors (Lipinski definition) is 3. The van der Waals surface area contributed by atoms with Crippen molar-refractivity contribution < 1.29 is 13.3 Å². The van der Waals surface area contributed by atoms with Crippen LogP contribution in [0.4, 0.5) is 0 Å². The molecule has 0 radical (unpaired) electrons. The lowest BCUT2D eigenvalue weighted by molar-refractivity contribution is 0.616. The highest BCUT2D eigenvalue weighted by Crippen LogP contribution is 2.47. The molecule has 0 spiro atoms. The summed E-state index contributed by atoms with van der Waals surface area (Å²) in [6.07, 6.45) is 1.73. The van der Waals surface area contributed by atoms with Crippen LogP contribution in [-0.2, 0) is 0 Å². The fraction of sp³-hybridized carbons (Fsp3) is 0. The minimum absolute atomic E-state index is 0.863. The summed E-state index contributed by atoms with van der Waals surface area (Å²) < 4.78 is 18.5. The molecule has 3 heterocycles. The summed E-state index contributed by atoms with van der Waals surface area (Å²) in [7, 11) is 0. The van der Waals surface area contributed by atoms with Crippen LogP contribution in [0.1, 0.15) is 0 Å². The molecule has 0 amide bonds. The standard InChI is InChI=1S/C40H22O3/c1-3-11-28-26(9-1)38(24-16-17-35-32(20-24)25-8-5-6-15-34(25)42-35)27-10-2-4-12-29(27)39(28)31-14-7-13-30-33-22-36-23(18-19-41-36)21-37(33)43-40(30)31/h1-22H. The molecule has 43 heavy (non-hydrogen) atoms. The molecule has 3 aromatic heterocycles. The van der Waals surface area contributed by atoms with E-state index in [9.17, 15) is 0 Å². The molecule has 0 fully saturated rings. The smallest absolute Gasteiger partial charge is 0.143 e. The van der Waals surface area contributed by atoms with Gasteiger partial charge in [-0.3, -0.25) is 0 Å². The molecule has 0 unspecified atom stereocenters. The third-order valence-electron chi connectivity index (χ3n) is 8.94. The Morgan fingerprint density at radius 1 is 0.372 bits per heavy atom. The Hall–Kier alpha value is -5.80. The minimum atomic E-state index is 0.863. The molecule has 0 aliphatic rings. The Morgan fingerprint density at radius 3 is 1.81 bits per heavy atom. The molecule has 0 N–H and O–H groups in total. The van der Waals surface area contributed by atoms with Crippen LogP contribution in [0.3, 0.4) is 0 Å². The monoisotopic (exact) mass is 550 g/mol. The fourth-order valence-corrected chi connectivity index (χ4v) is 7.06. The third-order valence-corrected chi connectivity index (χ3v) is 8.94. The van der Waals surface area contributed by atoms with Crippen molar-refractivity contribution in [1.82, 2.24) is 0 Å². The molecule has 0 saturated carbocycles. The Morgan fingerprint density at radius 2 is 1.02 bits per heavy atom. The van der Waals surface area contributed by atoms with E-state index in [1.165, 1.54) is 38.2 Å². The quantitative estimate of drug-likeness (QED) is 0.201. The van der Waals surface area contributed by atoms with Gasteiger partial charge in [0, 0.05) is 38.1 Å². The highest BCUT2D eigenvalue weighted by atomic mass is 16.3. The third kappa shape index (κ3) is 3.14. The zero-order valence-electron chi connectivity index (χ0n) is 22.9. The van der Waals surface area contributed by atoms with Gasteiger partial charge in [0.25, 0.3) is 0 Å². The summed E-state index contributed by atoms with van der Waals surface area (Å²) in [6, 6.07) is 44.9. The summed E-state index contributed by atoms with van der Waals surface area (Å²) in [5, 5.41) is 10.2. The van der Waals surface area contributed by atoms with Crippen molar-refractivity contribution in [3.8, 4) is 22.3 Å². The van der Waals surface area contributed by atoms with E-state index >= 15 is 0 Å². The van der Waals surface area contributed by atoms with Gasteiger partial charge in [0.05, 0.1) is 6.26 Å². The molecule has 10 aromatic rings. The summed E-state index contributed by atoms with van der Waals surface area (Å²) >= 11 is 0. The Labute approximate surface area is 245 Å². The number of fused-ring (bicyclic) bond motifs is 9. The molecule has 7 aromatic carbocycles. The van der Waals surface area contributed by atoms with Crippen molar-refractivity contribution in [3.05, 3.63) is 134 Å². The first-order valence-corrected chi connectivity index (χ1v) is 14.5. The van der Waals surface area contributed by atoms with E-state index in [1.807, 2.05) is 18.2 Å². The van der Waals surface area contributed by atoms with Crippen molar-refractivity contribution in [3.63, 3.8) is 0 Å². The number of rotatable bonds is 2. The summed E-state index contributed by atoms with van der Waals surface area (Å²) in [4.78, 5) is 0. The molecule has 0 aliphatic carbocycles. The molecular weight excluding hydrogens is 528 g/mol. The van der Waals surface area contributed by atoms with Gasteiger partial charge in [0.1, 0.15) is 27.9 Å². The first kappa shape index (κ1) is 22.8. The van der Waals surface area contributed by atoms with Gasteiger partial charge in [-0.1, -0.05) is 91.0 Å². The highest BCUT2D eigenvalue weighted by molar-refractivity contribution is 6.25. The predicted molar refractivity (Wildman–Crippen MR) is 177 cm³/mol. The van der Waals surface area contributed by atoms with Gasteiger partial charge >= 0.3 is 0 Å². The second-order valence-corrected chi connectivity index (χ2v) is 11.2. The van der Waals surface area contributed by atoms with Gasteiger partial charge in [0.2, 0.25) is 0 Å². The Kier molecular flexibility index (Phi) is 4.45. The van der Waals surface area contributed by atoms with Crippen LogP contribution in [0.5, 0.6) is 0 Å². The molecule has 0 atom stereocenters. The molecule has 0 aliphatic heterocycles. The van der Waals surface area contributed by atoms with E-state index in [1.54, 1.807) is 6.26 Å². The molecule has 3 heteroatoms. The number of para-hydroxylation sites is 2.